The number of allylic oxidation sites excluding steroid dienone is 1. The van der Waals surface area contributed by atoms with Gasteiger partial charge in [0.05, 0.1) is 5.57 Å². The van der Waals surface area contributed by atoms with Crippen LogP contribution in [0.25, 0.3) is 10.1 Å². The molecule has 0 atom stereocenters. The van der Waals surface area contributed by atoms with Crippen molar-refractivity contribution >= 4 is 32.1 Å². The Bertz CT molecular complexity index is 738. The molecule has 86 valence electrons. The van der Waals surface area contributed by atoms with Crippen LogP contribution >= 0.6 is 11.3 Å². The largest absolute Gasteiger partial charge is 0.225 e. The Balaban J connectivity index is 2.60. The predicted molar refractivity (Wildman–Crippen MR) is 74.0 cm³/mol. The Hall–Kier alpha value is -2.43. The zero-order valence-electron chi connectivity index (χ0n) is 9.77. The van der Waals surface area contributed by atoms with E-state index in [2.05, 4.69) is 11.6 Å². The van der Waals surface area contributed by atoms with Crippen LogP contribution in [0.3, 0.4) is 0 Å². The van der Waals surface area contributed by atoms with E-state index in [1.54, 1.807) is 0 Å². The van der Waals surface area contributed by atoms with Crippen LogP contribution in [-0.2, 0) is 0 Å². The smallest absolute Gasteiger partial charge is 0.159 e. The van der Waals surface area contributed by atoms with Crippen molar-refractivity contribution < 1.29 is 0 Å². The molecule has 0 saturated carbocycles. The van der Waals surface area contributed by atoms with E-state index in [9.17, 15) is 0 Å². The SMILES string of the molecule is C=C(C#N)/C(C#N)=N\c1sc2ccccc2c1C. The van der Waals surface area contributed by atoms with Gasteiger partial charge in [-0.25, -0.2) is 4.99 Å². The molecule has 1 aromatic heterocycles. The van der Waals surface area contributed by atoms with E-state index in [0.29, 0.717) is 0 Å². The molecule has 0 N–H and O–H groups in total. The fraction of sp³-hybridized carbons (Fsp3) is 0.0714. The van der Waals surface area contributed by atoms with Gasteiger partial charge < -0.3 is 0 Å². The second-order valence-electron chi connectivity index (χ2n) is 3.69. The maximum absolute atomic E-state index is 8.97. The number of nitriles is 2. The average Bonchev–Trinajstić information content (AvgIpc) is 2.72. The highest BCUT2D eigenvalue weighted by Gasteiger charge is 2.09. The highest BCUT2D eigenvalue weighted by molar-refractivity contribution is 7.22. The highest BCUT2D eigenvalue weighted by Crippen LogP contribution is 2.37. The maximum Gasteiger partial charge on any atom is 0.159 e. The summed E-state index contributed by atoms with van der Waals surface area (Å²) in [5, 5.41) is 19.6. The third-order valence-electron chi connectivity index (χ3n) is 2.56. The van der Waals surface area contributed by atoms with E-state index >= 15 is 0 Å². The van der Waals surface area contributed by atoms with E-state index in [-0.39, 0.29) is 11.3 Å². The van der Waals surface area contributed by atoms with Crippen LogP contribution < -0.4 is 0 Å². The standard InChI is InChI=1S/C14H9N3S/c1-9(7-15)12(8-16)17-14-10(2)11-5-3-4-6-13(11)18-14/h3-6H,1H2,2H3/b17-12-. The van der Waals surface area contributed by atoms with Gasteiger partial charge in [-0.15, -0.1) is 11.3 Å². The molecule has 2 aromatic rings. The van der Waals surface area contributed by atoms with E-state index < -0.39 is 0 Å². The molecule has 0 unspecified atom stereocenters. The summed E-state index contributed by atoms with van der Waals surface area (Å²) in [6.07, 6.45) is 0. The molecule has 4 heteroatoms. The normalized spacial score (nSPS) is 10.9. The lowest BCUT2D eigenvalue weighted by molar-refractivity contribution is 1.47. The molecule has 0 saturated heterocycles. The maximum atomic E-state index is 8.97. The van der Waals surface area contributed by atoms with Crippen LogP contribution in [-0.4, -0.2) is 5.71 Å². The zero-order valence-corrected chi connectivity index (χ0v) is 10.6. The van der Waals surface area contributed by atoms with Gasteiger partial charge in [0.25, 0.3) is 0 Å². The molecule has 1 aromatic carbocycles. The van der Waals surface area contributed by atoms with Gasteiger partial charge in [-0.2, -0.15) is 10.5 Å². The summed E-state index contributed by atoms with van der Waals surface area (Å²) in [7, 11) is 0. The van der Waals surface area contributed by atoms with Crippen LogP contribution in [0, 0.1) is 29.6 Å². The van der Waals surface area contributed by atoms with Gasteiger partial charge >= 0.3 is 0 Å². The van der Waals surface area contributed by atoms with Crippen LogP contribution in [0.5, 0.6) is 0 Å². The molecule has 0 aliphatic rings. The highest BCUT2D eigenvalue weighted by atomic mass is 32.1. The minimum absolute atomic E-state index is 0.0761. The number of hydrogen-bond acceptors (Lipinski definition) is 4. The van der Waals surface area contributed by atoms with E-state index in [1.807, 2.05) is 43.3 Å². The molecule has 3 nitrogen and oxygen atoms in total. The number of aryl methyl sites for hydroxylation is 1. The minimum atomic E-state index is 0.0761. The number of hydrogen-bond donors (Lipinski definition) is 0. The molecule has 0 amide bonds. The van der Waals surface area contributed by atoms with Gasteiger partial charge in [0.2, 0.25) is 0 Å². The Morgan fingerprint density at radius 3 is 2.61 bits per heavy atom. The molecule has 0 radical (unpaired) electrons. The molecule has 0 spiro atoms. The summed E-state index contributed by atoms with van der Waals surface area (Å²) < 4.78 is 1.12. The summed E-state index contributed by atoms with van der Waals surface area (Å²) in [5.41, 5.74) is 1.19. The van der Waals surface area contributed by atoms with Gasteiger partial charge in [-0.05, 0) is 23.9 Å². The first-order chi connectivity index (χ1) is 8.67. The Morgan fingerprint density at radius 2 is 2.00 bits per heavy atom. The van der Waals surface area contributed by atoms with Crippen molar-refractivity contribution in [3.05, 3.63) is 42.0 Å². The lowest BCUT2D eigenvalue weighted by Gasteiger charge is -1.93. The summed E-state index contributed by atoms with van der Waals surface area (Å²) in [5.74, 6) is 0. The summed E-state index contributed by atoms with van der Waals surface area (Å²) >= 11 is 1.51. The third-order valence-corrected chi connectivity index (χ3v) is 3.73. The lowest BCUT2D eigenvalue weighted by atomic mass is 10.2. The van der Waals surface area contributed by atoms with Crippen molar-refractivity contribution in [1.29, 1.82) is 10.5 Å². The molecule has 0 fully saturated rings. The fourth-order valence-electron chi connectivity index (χ4n) is 1.58. The number of fused-ring (bicyclic) bond motifs is 1. The van der Waals surface area contributed by atoms with E-state index in [0.717, 1.165) is 20.7 Å². The third kappa shape index (κ3) is 2.02. The molecule has 0 aliphatic carbocycles. The number of nitrogens with zero attached hydrogens (tertiary/aromatic N) is 3. The second-order valence-corrected chi connectivity index (χ2v) is 4.72. The monoisotopic (exact) mass is 251 g/mol. The first-order valence-corrected chi connectivity index (χ1v) is 6.05. The van der Waals surface area contributed by atoms with Crippen molar-refractivity contribution in [2.75, 3.05) is 0 Å². The number of thiophene rings is 1. The second kappa shape index (κ2) is 4.83. The molecule has 2 rings (SSSR count). The fourth-order valence-corrected chi connectivity index (χ4v) is 2.67. The number of rotatable bonds is 2. The molecule has 1 heterocycles. The molecular weight excluding hydrogens is 242 g/mol. The van der Waals surface area contributed by atoms with Gasteiger partial charge in [-0.1, -0.05) is 24.8 Å². The Morgan fingerprint density at radius 1 is 1.28 bits per heavy atom. The van der Waals surface area contributed by atoms with Crippen LogP contribution in [0.15, 0.2) is 41.4 Å². The van der Waals surface area contributed by atoms with Gasteiger partial charge in [-0.3, -0.25) is 0 Å². The quantitative estimate of drug-likeness (QED) is 0.600. The molecular formula is C14H9N3S. The van der Waals surface area contributed by atoms with Crippen molar-refractivity contribution in [2.45, 2.75) is 6.92 Å². The number of aliphatic imine (C=N–C) groups is 1. The first-order valence-electron chi connectivity index (χ1n) is 5.23. The molecule has 18 heavy (non-hydrogen) atoms. The van der Waals surface area contributed by atoms with Crippen molar-refractivity contribution in [3.63, 3.8) is 0 Å². The van der Waals surface area contributed by atoms with E-state index in [4.69, 9.17) is 10.5 Å². The molecule has 0 bridgehead atoms. The summed E-state index contributed by atoms with van der Waals surface area (Å²) in [4.78, 5) is 4.24. The Labute approximate surface area is 109 Å². The summed E-state index contributed by atoms with van der Waals surface area (Å²) in [6.45, 7) is 5.47. The van der Waals surface area contributed by atoms with Crippen LogP contribution in [0.1, 0.15) is 5.56 Å². The summed E-state index contributed by atoms with van der Waals surface area (Å²) in [6, 6.07) is 11.7. The zero-order chi connectivity index (χ0) is 13.1. The topological polar surface area (TPSA) is 59.9 Å². The van der Waals surface area contributed by atoms with Gasteiger partial charge in [0.15, 0.2) is 5.71 Å². The van der Waals surface area contributed by atoms with Crippen molar-refractivity contribution in [3.8, 4) is 12.1 Å². The lowest BCUT2D eigenvalue weighted by Crippen LogP contribution is -1.94. The van der Waals surface area contributed by atoms with Crippen LogP contribution in [0.2, 0.25) is 0 Å². The van der Waals surface area contributed by atoms with E-state index in [1.165, 1.54) is 11.3 Å². The minimum Gasteiger partial charge on any atom is -0.225 e. The van der Waals surface area contributed by atoms with Crippen molar-refractivity contribution in [2.24, 2.45) is 4.99 Å². The predicted octanol–water partition coefficient (Wildman–Crippen LogP) is 3.89. The van der Waals surface area contributed by atoms with Crippen LogP contribution in [0.4, 0.5) is 5.00 Å². The van der Waals surface area contributed by atoms with Gasteiger partial charge in [0, 0.05) is 4.70 Å². The molecule has 0 aliphatic heterocycles. The first kappa shape index (κ1) is 12.0. The Kier molecular flexibility index (Phi) is 3.23. The van der Waals surface area contributed by atoms with Gasteiger partial charge in [0.1, 0.15) is 17.1 Å². The number of benzene rings is 1. The van der Waals surface area contributed by atoms with Crippen molar-refractivity contribution in [1.82, 2.24) is 0 Å². The average molecular weight is 251 g/mol.